The van der Waals surface area contributed by atoms with Crippen LogP contribution in [0.15, 0.2) is 28.7 Å². The van der Waals surface area contributed by atoms with Gasteiger partial charge in [0.25, 0.3) is 0 Å². The van der Waals surface area contributed by atoms with E-state index in [1.54, 1.807) is 12.1 Å². The number of nitrogens with two attached hydrogens (primary N) is 1. The summed E-state index contributed by atoms with van der Waals surface area (Å²) in [7, 11) is -3.25. The first-order valence-corrected chi connectivity index (χ1v) is 7.32. The second-order valence-corrected chi connectivity index (χ2v) is 6.79. The first kappa shape index (κ1) is 11.9. The maximum absolute atomic E-state index is 12.0. The van der Waals surface area contributed by atoms with Gasteiger partial charge in [-0.15, -0.1) is 0 Å². The number of sulfonamides is 1. The standard InChI is InChI=1S/C10H13BrN2O2S/c11-8-1-3-9(4-2-8)13-6-5-10(7-12)16(13,14)15/h1-4,10H,5-7,12H2/t10-/m0/s1. The van der Waals surface area contributed by atoms with Crippen molar-refractivity contribution in [2.45, 2.75) is 11.7 Å². The number of rotatable bonds is 2. The molecule has 0 bridgehead atoms. The van der Waals surface area contributed by atoms with Crippen molar-refractivity contribution in [2.75, 3.05) is 17.4 Å². The van der Waals surface area contributed by atoms with Crippen molar-refractivity contribution >= 4 is 31.6 Å². The normalized spacial score (nSPS) is 23.6. The lowest BCUT2D eigenvalue weighted by molar-refractivity contribution is 0.588. The van der Waals surface area contributed by atoms with E-state index in [2.05, 4.69) is 15.9 Å². The SMILES string of the molecule is NC[C@@H]1CCN(c2ccc(Br)cc2)S1(=O)=O. The summed E-state index contributed by atoms with van der Waals surface area (Å²) < 4.78 is 26.5. The van der Waals surface area contributed by atoms with E-state index in [1.165, 1.54) is 4.31 Å². The monoisotopic (exact) mass is 304 g/mol. The number of anilines is 1. The Labute approximate surface area is 104 Å². The quantitative estimate of drug-likeness (QED) is 0.896. The van der Waals surface area contributed by atoms with E-state index in [4.69, 9.17) is 5.73 Å². The van der Waals surface area contributed by atoms with Gasteiger partial charge in [-0.2, -0.15) is 0 Å². The summed E-state index contributed by atoms with van der Waals surface area (Å²) in [5, 5.41) is -0.434. The van der Waals surface area contributed by atoms with Crippen LogP contribution in [0.2, 0.25) is 0 Å². The molecule has 2 N–H and O–H groups in total. The van der Waals surface area contributed by atoms with E-state index in [-0.39, 0.29) is 6.54 Å². The molecule has 16 heavy (non-hydrogen) atoms. The van der Waals surface area contributed by atoms with E-state index in [0.717, 1.165) is 4.47 Å². The summed E-state index contributed by atoms with van der Waals surface area (Å²) in [5.74, 6) is 0. The highest BCUT2D eigenvalue weighted by Crippen LogP contribution is 2.28. The first-order chi connectivity index (χ1) is 7.55. The second kappa shape index (κ2) is 4.35. The third-order valence-corrected chi connectivity index (χ3v) is 5.57. The average Bonchev–Trinajstić information content (AvgIpc) is 2.54. The molecule has 2 rings (SSSR count). The first-order valence-electron chi connectivity index (χ1n) is 5.03. The van der Waals surface area contributed by atoms with Crippen LogP contribution in [0.25, 0.3) is 0 Å². The fourth-order valence-corrected chi connectivity index (χ4v) is 3.89. The molecule has 0 unspecified atom stereocenters. The fraction of sp³-hybridized carbons (Fsp3) is 0.400. The molecule has 1 aliphatic heterocycles. The minimum atomic E-state index is -3.25. The Morgan fingerprint density at radius 2 is 2.00 bits per heavy atom. The molecule has 88 valence electrons. The molecule has 0 amide bonds. The zero-order chi connectivity index (χ0) is 11.8. The lowest BCUT2D eigenvalue weighted by Crippen LogP contribution is -2.33. The number of halogens is 1. The molecule has 0 saturated carbocycles. The largest absolute Gasteiger partial charge is 0.329 e. The zero-order valence-electron chi connectivity index (χ0n) is 8.64. The summed E-state index contributed by atoms with van der Waals surface area (Å²) in [5.41, 5.74) is 6.17. The molecule has 1 aromatic carbocycles. The van der Waals surface area contributed by atoms with Crippen molar-refractivity contribution < 1.29 is 8.42 Å². The highest BCUT2D eigenvalue weighted by molar-refractivity contribution is 9.10. The lowest BCUT2D eigenvalue weighted by Gasteiger charge is -2.18. The number of hydrogen-bond donors (Lipinski definition) is 1. The maximum Gasteiger partial charge on any atom is 0.239 e. The number of nitrogens with zero attached hydrogens (tertiary/aromatic N) is 1. The van der Waals surface area contributed by atoms with Crippen LogP contribution < -0.4 is 10.0 Å². The molecule has 1 heterocycles. The van der Waals surface area contributed by atoms with Gasteiger partial charge in [0, 0.05) is 17.6 Å². The summed E-state index contributed by atoms with van der Waals surface area (Å²) in [6.07, 6.45) is 0.606. The molecule has 1 aliphatic rings. The van der Waals surface area contributed by atoms with Crippen LogP contribution >= 0.6 is 15.9 Å². The van der Waals surface area contributed by atoms with E-state index in [0.29, 0.717) is 18.7 Å². The summed E-state index contributed by atoms with van der Waals surface area (Å²) in [4.78, 5) is 0. The predicted octanol–water partition coefficient (Wildman–Crippen LogP) is 1.32. The maximum atomic E-state index is 12.0. The van der Waals surface area contributed by atoms with E-state index >= 15 is 0 Å². The summed E-state index contributed by atoms with van der Waals surface area (Å²) in [6, 6.07) is 7.25. The topological polar surface area (TPSA) is 63.4 Å². The molecule has 1 saturated heterocycles. The molecule has 0 radical (unpaired) electrons. The van der Waals surface area contributed by atoms with Gasteiger partial charge in [0.1, 0.15) is 0 Å². The van der Waals surface area contributed by atoms with Gasteiger partial charge in [-0.1, -0.05) is 15.9 Å². The van der Waals surface area contributed by atoms with Crippen LogP contribution in [0.3, 0.4) is 0 Å². The summed E-state index contributed by atoms with van der Waals surface area (Å²) >= 11 is 3.32. The van der Waals surface area contributed by atoms with Crippen molar-refractivity contribution in [1.29, 1.82) is 0 Å². The Kier molecular flexibility index (Phi) is 3.23. The van der Waals surface area contributed by atoms with Crippen molar-refractivity contribution in [3.8, 4) is 0 Å². The molecule has 6 heteroatoms. The third kappa shape index (κ3) is 1.97. The Balaban J connectivity index is 2.33. The zero-order valence-corrected chi connectivity index (χ0v) is 11.0. The molecule has 0 aliphatic carbocycles. The predicted molar refractivity (Wildman–Crippen MR) is 67.9 cm³/mol. The van der Waals surface area contributed by atoms with E-state index < -0.39 is 15.3 Å². The second-order valence-electron chi connectivity index (χ2n) is 3.74. The third-order valence-electron chi connectivity index (χ3n) is 2.76. The van der Waals surface area contributed by atoms with Gasteiger partial charge in [-0.3, -0.25) is 4.31 Å². The molecule has 1 aromatic rings. The minimum Gasteiger partial charge on any atom is -0.329 e. The van der Waals surface area contributed by atoms with Crippen molar-refractivity contribution in [3.63, 3.8) is 0 Å². The van der Waals surface area contributed by atoms with Crippen LogP contribution in [0.1, 0.15) is 6.42 Å². The molecule has 1 fully saturated rings. The Hall–Kier alpha value is -0.590. The molecule has 1 atom stereocenters. The van der Waals surface area contributed by atoms with E-state index in [9.17, 15) is 8.42 Å². The van der Waals surface area contributed by atoms with Crippen LogP contribution in [0, 0.1) is 0 Å². The molecule has 0 aromatic heterocycles. The number of hydrogen-bond acceptors (Lipinski definition) is 3. The molecule has 4 nitrogen and oxygen atoms in total. The van der Waals surface area contributed by atoms with Gasteiger partial charge < -0.3 is 5.73 Å². The Morgan fingerprint density at radius 1 is 1.38 bits per heavy atom. The van der Waals surface area contributed by atoms with Gasteiger partial charge in [-0.25, -0.2) is 8.42 Å². The molecule has 0 spiro atoms. The summed E-state index contributed by atoms with van der Waals surface area (Å²) in [6.45, 7) is 0.710. The van der Waals surface area contributed by atoms with Crippen LogP contribution in [0.5, 0.6) is 0 Å². The lowest BCUT2D eigenvalue weighted by atomic mass is 10.3. The fourth-order valence-electron chi connectivity index (χ4n) is 1.84. The minimum absolute atomic E-state index is 0.190. The van der Waals surface area contributed by atoms with Gasteiger partial charge in [0.05, 0.1) is 10.9 Å². The smallest absolute Gasteiger partial charge is 0.239 e. The van der Waals surface area contributed by atoms with Gasteiger partial charge in [-0.05, 0) is 30.7 Å². The average molecular weight is 305 g/mol. The van der Waals surface area contributed by atoms with E-state index in [1.807, 2.05) is 12.1 Å². The van der Waals surface area contributed by atoms with Crippen molar-refractivity contribution in [1.82, 2.24) is 0 Å². The highest BCUT2D eigenvalue weighted by atomic mass is 79.9. The number of benzene rings is 1. The van der Waals surface area contributed by atoms with Crippen molar-refractivity contribution in [2.24, 2.45) is 5.73 Å². The van der Waals surface area contributed by atoms with Gasteiger partial charge in [0.15, 0.2) is 0 Å². The van der Waals surface area contributed by atoms with Gasteiger partial charge in [0.2, 0.25) is 10.0 Å². The Bertz CT molecular complexity index is 472. The highest BCUT2D eigenvalue weighted by Gasteiger charge is 2.37. The van der Waals surface area contributed by atoms with Gasteiger partial charge >= 0.3 is 0 Å². The van der Waals surface area contributed by atoms with Crippen LogP contribution in [-0.4, -0.2) is 26.8 Å². The Morgan fingerprint density at radius 3 is 2.50 bits per heavy atom. The molecular formula is C10H13BrN2O2S. The molecular weight excluding hydrogens is 292 g/mol. The van der Waals surface area contributed by atoms with Crippen molar-refractivity contribution in [3.05, 3.63) is 28.7 Å². The van der Waals surface area contributed by atoms with Crippen LogP contribution in [0.4, 0.5) is 5.69 Å². The van der Waals surface area contributed by atoms with Crippen LogP contribution in [-0.2, 0) is 10.0 Å².